The van der Waals surface area contributed by atoms with E-state index in [1.54, 1.807) is 16.4 Å². The van der Waals surface area contributed by atoms with E-state index in [9.17, 15) is 8.42 Å². The Labute approximate surface area is 206 Å². The van der Waals surface area contributed by atoms with Crippen molar-refractivity contribution < 1.29 is 8.42 Å². The van der Waals surface area contributed by atoms with Gasteiger partial charge >= 0.3 is 0 Å². The summed E-state index contributed by atoms with van der Waals surface area (Å²) in [5.41, 5.74) is 5.25. The third-order valence-corrected chi connectivity index (χ3v) is 8.36. The second-order valence-electron chi connectivity index (χ2n) is 7.79. The molecular formula is C26H23Br2NO2S. The monoisotopic (exact) mass is 571 g/mol. The van der Waals surface area contributed by atoms with Gasteiger partial charge in [0, 0.05) is 22.0 Å². The fourth-order valence-electron chi connectivity index (χ4n) is 3.69. The van der Waals surface area contributed by atoms with Crippen molar-refractivity contribution >= 4 is 47.5 Å². The Balaban J connectivity index is 1.68. The summed E-state index contributed by atoms with van der Waals surface area (Å²) in [6.45, 7) is 2.79. The average Bonchev–Trinajstić information content (AvgIpc) is 2.79. The molecule has 0 atom stereocenters. The molecule has 0 aliphatic carbocycles. The highest BCUT2D eigenvalue weighted by atomic mass is 79.9. The first-order valence-electron chi connectivity index (χ1n) is 10.3. The molecule has 0 saturated heterocycles. The van der Waals surface area contributed by atoms with Crippen LogP contribution in [0.5, 0.6) is 0 Å². The standard InChI is InChI=1S/C26H23Br2NO2S/c1-19-4-14-25(15-5-19)32(30,31)29-16-2-3-20(18-29)17-26(21-6-10-23(27)11-7-21)22-8-12-24(28)13-9-22/h3-15,17H,2,16,18H2,1H3. The van der Waals surface area contributed by atoms with Crippen molar-refractivity contribution in [2.75, 3.05) is 13.1 Å². The van der Waals surface area contributed by atoms with Gasteiger partial charge in [-0.05, 0) is 78.1 Å². The first-order chi connectivity index (χ1) is 15.3. The van der Waals surface area contributed by atoms with Crippen molar-refractivity contribution in [2.45, 2.75) is 18.2 Å². The van der Waals surface area contributed by atoms with Gasteiger partial charge in [-0.1, -0.05) is 79.9 Å². The Morgan fingerprint density at radius 3 is 1.91 bits per heavy atom. The van der Waals surface area contributed by atoms with Crippen LogP contribution < -0.4 is 0 Å². The lowest BCUT2D eigenvalue weighted by molar-refractivity contribution is 0.431. The third kappa shape index (κ3) is 5.31. The lowest BCUT2D eigenvalue weighted by Crippen LogP contribution is -2.35. The van der Waals surface area contributed by atoms with Crippen LogP contribution in [0.2, 0.25) is 0 Å². The largest absolute Gasteiger partial charge is 0.243 e. The fraction of sp³-hybridized carbons (Fsp3) is 0.154. The topological polar surface area (TPSA) is 37.4 Å². The number of hydrogen-bond acceptors (Lipinski definition) is 2. The minimum absolute atomic E-state index is 0.342. The summed E-state index contributed by atoms with van der Waals surface area (Å²) in [6, 6.07) is 23.4. The van der Waals surface area contributed by atoms with E-state index >= 15 is 0 Å². The van der Waals surface area contributed by atoms with Gasteiger partial charge in [-0.3, -0.25) is 0 Å². The molecule has 0 aromatic heterocycles. The van der Waals surface area contributed by atoms with Crippen LogP contribution in [0.3, 0.4) is 0 Å². The van der Waals surface area contributed by atoms with Crippen LogP contribution in [0, 0.1) is 6.92 Å². The molecule has 0 radical (unpaired) electrons. The molecule has 1 aliphatic heterocycles. The molecule has 3 nitrogen and oxygen atoms in total. The number of rotatable bonds is 5. The van der Waals surface area contributed by atoms with Gasteiger partial charge in [0.1, 0.15) is 0 Å². The van der Waals surface area contributed by atoms with E-state index in [1.165, 1.54) is 0 Å². The molecule has 0 fully saturated rings. The zero-order chi connectivity index (χ0) is 22.7. The van der Waals surface area contributed by atoms with Crippen LogP contribution in [-0.2, 0) is 10.0 Å². The number of aryl methyl sites for hydroxylation is 1. The highest BCUT2D eigenvalue weighted by molar-refractivity contribution is 9.10. The molecule has 0 bridgehead atoms. The number of nitrogens with zero attached hydrogens (tertiary/aromatic N) is 1. The first-order valence-corrected chi connectivity index (χ1v) is 13.3. The highest BCUT2D eigenvalue weighted by Gasteiger charge is 2.26. The summed E-state index contributed by atoms with van der Waals surface area (Å²) in [4.78, 5) is 0.342. The van der Waals surface area contributed by atoms with Crippen molar-refractivity contribution in [3.05, 3.63) is 116 Å². The zero-order valence-electron chi connectivity index (χ0n) is 17.6. The molecule has 1 heterocycles. The van der Waals surface area contributed by atoms with Crippen LogP contribution in [0.15, 0.2) is 104 Å². The lowest BCUT2D eigenvalue weighted by atomic mass is 9.95. The predicted molar refractivity (Wildman–Crippen MR) is 138 cm³/mol. The Morgan fingerprint density at radius 2 is 1.38 bits per heavy atom. The molecule has 0 unspecified atom stereocenters. The van der Waals surface area contributed by atoms with Crippen LogP contribution >= 0.6 is 31.9 Å². The quantitative estimate of drug-likeness (QED) is 0.331. The fourth-order valence-corrected chi connectivity index (χ4v) is 5.66. The Bertz CT molecular complexity index is 1210. The summed E-state index contributed by atoms with van der Waals surface area (Å²) >= 11 is 7.01. The van der Waals surface area contributed by atoms with Crippen LogP contribution in [0.1, 0.15) is 23.1 Å². The molecule has 6 heteroatoms. The molecule has 1 aliphatic rings. The predicted octanol–water partition coefficient (Wildman–Crippen LogP) is 6.97. The van der Waals surface area contributed by atoms with E-state index in [0.717, 1.165) is 36.8 Å². The molecule has 0 N–H and O–H groups in total. The van der Waals surface area contributed by atoms with E-state index in [4.69, 9.17) is 0 Å². The van der Waals surface area contributed by atoms with Crippen molar-refractivity contribution in [1.82, 2.24) is 4.31 Å². The van der Waals surface area contributed by atoms with Gasteiger partial charge in [0.15, 0.2) is 0 Å². The van der Waals surface area contributed by atoms with E-state index in [0.29, 0.717) is 24.4 Å². The van der Waals surface area contributed by atoms with Gasteiger partial charge in [-0.2, -0.15) is 4.31 Å². The van der Waals surface area contributed by atoms with Gasteiger partial charge in [0.2, 0.25) is 10.0 Å². The van der Waals surface area contributed by atoms with E-state index < -0.39 is 10.0 Å². The van der Waals surface area contributed by atoms with Gasteiger partial charge in [0.05, 0.1) is 4.90 Å². The molecule has 4 rings (SSSR count). The van der Waals surface area contributed by atoms with Crippen molar-refractivity contribution in [2.24, 2.45) is 0 Å². The summed E-state index contributed by atoms with van der Waals surface area (Å²) in [5.74, 6) is 0. The maximum Gasteiger partial charge on any atom is 0.243 e. The summed E-state index contributed by atoms with van der Waals surface area (Å²) in [7, 11) is -3.54. The molecule has 164 valence electrons. The third-order valence-electron chi connectivity index (χ3n) is 5.44. The molecule has 32 heavy (non-hydrogen) atoms. The average molecular weight is 573 g/mol. The van der Waals surface area contributed by atoms with Gasteiger partial charge in [-0.25, -0.2) is 8.42 Å². The minimum atomic E-state index is -3.54. The van der Waals surface area contributed by atoms with Gasteiger partial charge < -0.3 is 0 Å². The van der Waals surface area contributed by atoms with Crippen LogP contribution in [0.25, 0.3) is 5.57 Å². The highest BCUT2D eigenvalue weighted by Crippen LogP contribution is 2.29. The van der Waals surface area contributed by atoms with Crippen molar-refractivity contribution in [3.8, 4) is 0 Å². The second kappa shape index (κ2) is 9.87. The van der Waals surface area contributed by atoms with Crippen LogP contribution in [-0.4, -0.2) is 25.8 Å². The number of halogens is 2. The second-order valence-corrected chi connectivity index (χ2v) is 11.6. The Morgan fingerprint density at radius 1 is 0.844 bits per heavy atom. The van der Waals surface area contributed by atoms with Gasteiger partial charge in [0.25, 0.3) is 0 Å². The summed E-state index contributed by atoms with van der Waals surface area (Å²) < 4.78 is 30.0. The van der Waals surface area contributed by atoms with Crippen molar-refractivity contribution in [3.63, 3.8) is 0 Å². The first kappa shape index (κ1) is 23.2. The molecule has 0 amide bonds. The summed E-state index contributed by atoms with van der Waals surface area (Å²) in [6.07, 6.45) is 4.94. The Hall–Kier alpha value is -1.99. The summed E-state index contributed by atoms with van der Waals surface area (Å²) in [5, 5.41) is 0. The number of hydrogen-bond donors (Lipinski definition) is 0. The van der Waals surface area contributed by atoms with Crippen molar-refractivity contribution in [1.29, 1.82) is 0 Å². The minimum Gasteiger partial charge on any atom is -0.207 e. The van der Waals surface area contributed by atoms with Crippen LogP contribution in [0.4, 0.5) is 0 Å². The maximum absolute atomic E-state index is 13.2. The molecule has 3 aromatic rings. The van der Waals surface area contributed by atoms with E-state index in [2.05, 4.69) is 68.3 Å². The maximum atomic E-state index is 13.2. The number of benzene rings is 3. The molecule has 0 spiro atoms. The molecule has 0 saturated carbocycles. The lowest BCUT2D eigenvalue weighted by Gasteiger charge is -2.26. The molecule has 3 aromatic carbocycles. The van der Waals surface area contributed by atoms with E-state index in [1.807, 2.05) is 43.3 Å². The number of sulfonamides is 1. The molecular weight excluding hydrogens is 550 g/mol. The van der Waals surface area contributed by atoms with Gasteiger partial charge in [-0.15, -0.1) is 0 Å². The van der Waals surface area contributed by atoms with E-state index in [-0.39, 0.29) is 0 Å². The Kier molecular flexibility index (Phi) is 7.15. The smallest absolute Gasteiger partial charge is 0.207 e. The normalized spacial score (nSPS) is 14.7. The zero-order valence-corrected chi connectivity index (χ0v) is 21.6. The SMILES string of the molecule is Cc1ccc(S(=O)(=O)N2CCC=C(C=C(c3ccc(Br)cc3)c3ccc(Br)cc3)C2)cc1.